The Labute approximate surface area is 235 Å². The van der Waals surface area contributed by atoms with Crippen molar-refractivity contribution in [2.45, 2.75) is 53.6 Å². The van der Waals surface area contributed by atoms with E-state index in [9.17, 15) is 14.4 Å². The van der Waals surface area contributed by atoms with Crippen LogP contribution in [-0.4, -0.2) is 34.8 Å². The molecule has 0 radical (unpaired) electrons. The second kappa shape index (κ2) is 13.1. The Morgan fingerprint density at radius 3 is 2.30 bits per heavy atom. The number of carbonyl (C=O) groups is 2. The van der Waals surface area contributed by atoms with Crippen molar-refractivity contribution in [3.05, 3.63) is 111 Å². The van der Waals surface area contributed by atoms with E-state index in [2.05, 4.69) is 5.32 Å². The number of hydrogen-bond acceptors (Lipinski definition) is 4. The number of benzene rings is 3. The zero-order valence-electron chi connectivity index (χ0n) is 23.7. The summed E-state index contributed by atoms with van der Waals surface area (Å²) in [6.07, 6.45) is 3.08. The van der Waals surface area contributed by atoms with Crippen LogP contribution >= 0.6 is 0 Å². The molecule has 0 unspecified atom stereocenters. The topological polar surface area (TPSA) is 82.9 Å². The fourth-order valence-electron chi connectivity index (χ4n) is 4.70. The SMILES string of the molecule is CCCCN(CC(=O)N(Cc1ccccc1)Cc1coc2ccc(C)cc2c1=O)C(=O)Nc1c(C)cccc1C. The number of para-hydroxylation sites is 1. The van der Waals surface area contributed by atoms with E-state index in [1.807, 2.05) is 82.3 Å². The van der Waals surface area contributed by atoms with Crippen molar-refractivity contribution in [1.29, 1.82) is 0 Å². The molecule has 40 heavy (non-hydrogen) atoms. The number of carbonyl (C=O) groups excluding carboxylic acids is 2. The number of fused-ring (bicyclic) bond motifs is 1. The van der Waals surface area contributed by atoms with Crippen molar-refractivity contribution in [1.82, 2.24) is 9.80 Å². The van der Waals surface area contributed by atoms with Crippen molar-refractivity contribution < 1.29 is 14.0 Å². The Morgan fingerprint density at radius 2 is 1.60 bits per heavy atom. The summed E-state index contributed by atoms with van der Waals surface area (Å²) in [4.78, 5) is 43.8. The zero-order valence-corrected chi connectivity index (χ0v) is 23.7. The van der Waals surface area contributed by atoms with Crippen molar-refractivity contribution in [2.24, 2.45) is 0 Å². The second-order valence-electron chi connectivity index (χ2n) is 10.3. The highest BCUT2D eigenvalue weighted by Crippen LogP contribution is 2.21. The standard InChI is InChI=1S/C33H37N3O4/c1-5-6-17-35(33(39)34-31-24(3)11-10-12-25(31)4)21-30(37)36(19-26-13-8-7-9-14-26)20-27-22-40-29-16-15-23(2)18-28(29)32(27)38/h7-16,18,22H,5-6,17,19-21H2,1-4H3,(H,34,39). The summed E-state index contributed by atoms with van der Waals surface area (Å²) < 4.78 is 5.76. The lowest BCUT2D eigenvalue weighted by Crippen LogP contribution is -2.45. The van der Waals surface area contributed by atoms with Crippen LogP contribution in [0.5, 0.6) is 0 Å². The molecule has 0 aliphatic heterocycles. The Kier molecular flexibility index (Phi) is 9.38. The van der Waals surface area contributed by atoms with E-state index in [4.69, 9.17) is 4.42 Å². The first-order valence-electron chi connectivity index (χ1n) is 13.7. The average Bonchev–Trinajstić information content (AvgIpc) is 2.94. The Balaban J connectivity index is 1.61. The minimum atomic E-state index is -0.320. The molecule has 0 aliphatic carbocycles. The monoisotopic (exact) mass is 539 g/mol. The molecule has 3 amide bonds. The van der Waals surface area contributed by atoms with Crippen LogP contribution in [0.3, 0.4) is 0 Å². The first kappa shape index (κ1) is 28.6. The highest BCUT2D eigenvalue weighted by Gasteiger charge is 2.23. The molecule has 3 aromatic carbocycles. The molecule has 4 rings (SSSR count). The lowest BCUT2D eigenvalue weighted by Gasteiger charge is -2.28. The lowest BCUT2D eigenvalue weighted by atomic mass is 10.1. The van der Waals surface area contributed by atoms with E-state index < -0.39 is 0 Å². The van der Waals surface area contributed by atoms with Gasteiger partial charge in [0.15, 0.2) is 5.43 Å². The summed E-state index contributed by atoms with van der Waals surface area (Å²) in [5.41, 5.74) is 5.29. The van der Waals surface area contributed by atoms with Crippen LogP contribution < -0.4 is 10.7 Å². The molecule has 4 aromatic rings. The van der Waals surface area contributed by atoms with E-state index >= 15 is 0 Å². The maximum atomic E-state index is 13.8. The Hall–Kier alpha value is -4.39. The van der Waals surface area contributed by atoms with Crippen LogP contribution in [0, 0.1) is 20.8 Å². The molecule has 0 bridgehead atoms. The van der Waals surface area contributed by atoms with Crippen LogP contribution in [0.15, 0.2) is 82.2 Å². The van der Waals surface area contributed by atoms with Gasteiger partial charge in [0.05, 0.1) is 23.8 Å². The number of urea groups is 1. The highest BCUT2D eigenvalue weighted by molar-refractivity contribution is 5.93. The molecule has 1 N–H and O–H groups in total. The summed E-state index contributed by atoms with van der Waals surface area (Å²) in [6, 6.07) is 20.6. The van der Waals surface area contributed by atoms with Crippen molar-refractivity contribution in [3.8, 4) is 0 Å². The number of aryl methyl sites for hydroxylation is 3. The number of hydrogen-bond donors (Lipinski definition) is 1. The van der Waals surface area contributed by atoms with Gasteiger partial charge in [0.1, 0.15) is 12.1 Å². The quantitative estimate of drug-likeness (QED) is 0.247. The van der Waals surface area contributed by atoms with Gasteiger partial charge >= 0.3 is 6.03 Å². The molecule has 0 saturated heterocycles. The maximum Gasteiger partial charge on any atom is 0.322 e. The van der Waals surface area contributed by atoms with Gasteiger partial charge in [-0.15, -0.1) is 0 Å². The van der Waals surface area contributed by atoms with Crippen LogP contribution in [0.1, 0.15) is 47.6 Å². The Bertz CT molecular complexity index is 1520. The van der Waals surface area contributed by atoms with Crippen LogP contribution in [0.2, 0.25) is 0 Å². The zero-order chi connectivity index (χ0) is 28.6. The highest BCUT2D eigenvalue weighted by atomic mass is 16.3. The first-order chi connectivity index (χ1) is 19.3. The minimum absolute atomic E-state index is 0.0695. The molecule has 0 fully saturated rings. The number of nitrogens with one attached hydrogen (secondary N) is 1. The van der Waals surface area contributed by atoms with Crippen molar-refractivity contribution >= 4 is 28.6 Å². The fourth-order valence-corrected chi connectivity index (χ4v) is 4.70. The van der Waals surface area contributed by atoms with E-state index in [-0.39, 0.29) is 30.5 Å². The number of amides is 3. The molecule has 0 aliphatic rings. The first-order valence-corrected chi connectivity index (χ1v) is 13.7. The second-order valence-corrected chi connectivity index (χ2v) is 10.3. The van der Waals surface area contributed by atoms with E-state index in [1.165, 1.54) is 6.26 Å². The van der Waals surface area contributed by atoms with Gasteiger partial charge < -0.3 is 19.5 Å². The molecular formula is C33H37N3O4. The molecule has 208 valence electrons. The van der Waals surface area contributed by atoms with E-state index in [0.717, 1.165) is 40.8 Å². The van der Waals surface area contributed by atoms with Gasteiger partial charge in [-0.1, -0.05) is 73.5 Å². The van der Waals surface area contributed by atoms with Gasteiger partial charge in [-0.2, -0.15) is 0 Å². The molecule has 1 heterocycles. The minimum Gasteiger partial charge on any atom is -0.464 e. The molecule has 0 saturated carbocycles. The fraction of sp³-hybridized carbons (Fsp3) is 0.303. The van der Waals surface area contributed by atoms with Gasteiger partial charge in [0, 0.05) is 18.8 Å². The summed E-state index contributed by atoms with van der Waals surface area (Å²) >= 11 is 0. The number of unbranched alkanes of at least 4 members (excludes halogenated alkanes) is 1. The van der Waals surface area contributed by atoms with Crippen LogP contribution in [0.4, 0.5) is 10.5 Å². The van der Waals surface area contributed by atoms with Gasteiger partial charge in [-0.05, 0) is 56.0 Å². The van der Waals surface area contributed by atoms with Crippen LogP contribution in [-0.2, 0) is 17.9 Å². The molecule has 1 aromatic heterocycles. The number of anilines is 1. The normalized spacial score (nSPS) is 10.9. The van der Waals surface area contributed by atoms with Crippen molar-refractivity contribution in [3.63, 3.8) is 0 Å². The third kappa shape index (κ3) is 6.97. The molecular weight excluding hydrogens is 502 g/mol. The Morgan fingerprint density at radius 1 is 0.875 bits per heavy atom. The van der Waals surface area contributed by atoms with Gasteiger partial charge in [-0.25, -0.2) is 4.79 Å². The molecule has 0 spiro atoms. The summed E-state index contributed by atoms with van der Waals surface area (Å²) in [7, 11) is 0. The third-order valence-electron chi connectivity index (χ3n) is 7.04. The predicted octanol–water partition coefficient (Wildman–Crippen LogP) is 6.58. The van der Waals surface area contributed by atoms with Gasteiger partial charge in [-0.3, -0.25) is 9.59 Å². The largest absolute Gasteiger partial charge is 0.464 e. The summed E-state index contributed by atoms with van der Waals surface area (Å²) in [5.74, 6) is -0.250. The number of nitrogens with zero attached hydrogens (tertiary/aromatic N) is 2. The lowest BCUT2D eigenvalue weighted by molar-refractivity contribution is -0.133. The third-order valence-corrected chi connectivity index (χ3v) is 7.04. The average molecular weight is 540 g/mol. The van der Waals surface area contributed by atoms with Gasteiger partial charge in [0.25, 0.3) is 0 Å². The molecule has 7 heteroatoms. The van der Waals surface area contributed by atoms with Gasteiger partial charge in [0.2, 0.25) is 5.91 Å². The van der Waals surface area contributed by atoms with Crippen LogP contribution in [0.25, 0.3) is 11.0 Å². The maximum absolute atomic E-state index is 13.8. The van der Waals surface area contributed by atoms with E-state index in [1.54, 1.807) is 21.9 Å². The van der Waals surface area contributed by atoms with E-state index in [0.29, 0.717) is 29.6 Å². The summed E-state index contributed by atoms with van der Waals surface area (Å²) in [6.45, 7) is 8.56. The predicted molar refractivity (Wildman–Crippen MR) is 159 cm³/mol. The van der Waals surface area contributed by atoms with Crippen molar-refractivity contribution in [2.75, 3.05) is 18.4 Å². The molecule has 0 atom stereocenters. The summed E-state index contributed by atoms with van der Waals surface area (Å²) in [5, 5.41) is 3.51. The molecule has 7 nitrogen and oxygen atoms in total. The number of rotatable bonds is 10. The smallest absolute Gasteiger partial charge is 0.322 e.